The lowest BCUT2D eigenvalue weighted by molar-refractivity contribution is -0.425. The van der Waals surface area contributed by atoms with E-state index in [0.29, 0.717) is 12.8 Å². The van der Waals surface area contributed by atoms with E-state index in [0.717, 1.165) is 12.4 Å². The van der Waals surface area contributed by atoms with Gasteiger partial charge in [0, 0.05) is 31.7 Å². The van der Waals surface area contributed by atoms with Crippen LogP contribution in [0.15, 0.2) is 12.4 Å². The first-order valence-corrected chi connectivity index (χ1v) is 8.89. The van der Waals surface area contributed by atoms with Crippen LogP contribution in [0.2, 0.25) is 0 Å². The highest BCUT2D eigenvalue weighted by molar-refractivity contribution is 5.13. The lowest BCUT2D eigenvalue weighted by atomic mass is 9.89. The van der Waals surface area contributed by atoms with Crippen LogP contribution in [-0.4, -0.2) is 45.5 Å². The molecule has 0 aromatic carbocycles. The van der Waals surface area contributed by atoms with Crippen molar-refractivity contribution >= 4 is 0 Å². The van der Waals surface area contributed by atoms with E-state index in [1.54, 1.807) is 6.92 Å². The molecular weight excluding hydrogens is 460 g/mol. The molecule has 0 fully saturated rings. The fourth-order valence-corrected chi connectivity index (χ4v) is 2.40. The van der Waals surface area contributed by atoms with E-state index in [1.807, 2.05) is 0 Å². The highest BCUT2D eigenvalue weighted by atomic mass is 19.4. The molecule has 0 radical (unpaired) electrons. The van der Waals surface area contributed by atoms with Crippen molar-refractivity contribution in [2.24, 2.45) is 0 Å². The van der Waals surface area contributed by atoms with E-state index in [2.05, 4.69) is 9.97 Å². The van der Waals surface area contributed by atoms with Gasteiger partial charge >= 0.3 is 35.5 Å². The molecule has 1 heterocycles. The Balaban J connectivity index is 3.19. The monoisotopic (exact) mass is 478 g/mol. The third-order valence-electron chi connectivity index (χ3n) is 4.51. The van der Waals surface area contributed by atoms with Gasteiger partial charge in [-0.2, -0.15) is 52.7 Å². The molecule has 0 spiro atoms. The van der Waals surface area contributed by atoms with Gasteiger partial charge in [-0.25, -0.2) is 9.97 Å². The smallest absolute Gasteiger partial charge is 0.241 e. The second-order valence-electron chi connectivity index (χ2n) is 6.82. The summed E-state index contributed by atoms with van der Waals surface area (Å²) in [4.78, 5) is 7.39. The summed E-state index contributed by atoms with van der Waals surface area (Å²) in [6, 6.07) is 0. The molecule has 1 aromatic rings. The number of hydrogen-bond donors (Lipinski definition) is 0. The van der Waals surface area contributed by atoms with Crippen LogP contribution in [0.4, 0.5) is 52.7 Å². The van der Waals surface area contributed by atoms with Gasteiger partial charge in [0.2, 0.25) is 0 Å². The molecule has 180 valence electrons. The van der Waals surface area contributed by atoms with Crippen LogP contribution in [0.5, 0.6) is 0 Å². The number of aromatic nitrogens is 2. The second-order valence-corrected chi connectivity index (χ2v) is 6.82. The summed E-state index contributed by atoms with van der Waals surface area (Å²) in [6.45, 7) is 1.96. The van der Waals surface area contributed by atoms with E-state index in [4.69, 9.17) is 0 Å². The van der Waals surface area contributed by atoms with Crippen molar-refractivity contribution in [3.05, 3.63) is 23.8 Å². The normalized spacial score (nSPS) is 14.8. The Morgan fingerprint density at radius 1 is 0.613 bits per heavy atom. The number of rotatable bonds is 11. The van der Waals surface area contributed by atoms with Crippen molar-refractivity contribution < 1.29 is 52.7 Å². The van der Waals surface area contributed by atoms with E-state index in [-0.39, 0.29) is 18.3 Å². The van der Waals surface area contributed by atoms with Gasteiger partial charge in [-0.15, -0.1) is 0 Å². The molecule has 0 saturated carbocycles. The quantitative estimate of drug-likeness (QED) is 0.336. The number of alkyl halides is 12. The zero-order valence-corrected chi connectivity index (χ0v) is 16.1. The molecule has 1 rings (SSSR count). The van der Waals surface area contributed by atoms with Crippen LogP contribution in [0.1, 0.15) is 44.5 Å². The van der Waals surface area contributed by atoms with E-state index >= 15 is 0 Å². The summed E-state index contributed by atoms with van der Waals surface area (Å²) in [6.07, 6.45) is -2.64. The Kier molecular flexibility index (Phi) is 7.60. The maximum Gasteiger partial charge on any atom is 0.384 e. The van der Waals surface area contributed by atoms with Gasteiger partial charge < -0.3 is 0 Å². The van der Waals surface area contributed by atoms with Crippen molar-refractivity contribution in [1.82, 2.24) is 9.97 Å². The summed E-state index contributed by atoms with van der Waals surface area (Å²) in [7, 11) is 0. The predicted octanol–water partition coefficient (Wildman–Crippen LogP) is 6.58. The van der Waals surface area contributed by atoms with Gasteiger partial charge in [-0.05, 0) is 18.4 Å². The molecule has 31 heavy (non-hydrogen) atoms. The third kappa shape index (κ3) is 4.57. The Hall–Kier alpha value is -1.76. The van der Waals surface area contributed by atoms with E-state index < -0.39 is 54.8 Å². The van der Waals surface area contributed by atoms with Crippen LogP contribution in [0.3, 0.4) is 0 Å². The molecule has 0 aliphatic carbocycles. The topological polar surface area (TPSA) is 25.8 Å². The minimum atomic E-state index is -7.52. The Morgan fingerprint density at radius 2 is 1.03 bits per heavy atom. The molecule has 0 atom stereocenters. The third-order valence-corrected chi connectivity index (χ3v) is 4.51. The van der Waals surface area contributed by atoms with Gasteiger partial charge in [0.05, 0.1) is 0 Å². The summed E-state index contributed by atoms with van der Waals surface area (Å²) >= 11 is 0. The van der Waals surface area contributed by atoms with Crippen molar-refractivity contribution in [2.75, 3.05) is 0 Å². The van der Waals surface area contributed by atoms with Gasteiger partial charge in [0.1, 0.15) is 5.82 Å². The maximum absolute atomic E-state index is 13.8. The molecule has 14 heteroatoms. The van der Waals surface area contributed by atoms with Crippen molar-refractivity contribution in [3.8, 4) is 0 Å². The SMILES string of the molecule is CCCc1ncc(CCC(F)(F)C(F)(F)C(F)(F)C(F)(F)C(F)(F)C(F)(F)CC)cn1. The maximum atomic E-state index is 13.8. The Labute approximate surface area is 169 Å². The van der Waals surface area contributed by atoms with E-state index in [9.17, 15) is 52.7 Å². The zero-order valence-electron chi connectivity index (χ0n) is 16.1. The summed E-state index contributed by atoms with van der Waals surface area (Å²) < 4.78 is 163. The molecule has 0 N–H and O–H groups in total. The fraction of sp³-hybridized carbons (Fsp3) is 0.765. The second kappa shape index (κ2) is 8.64. The molecule has 0 bridgehead atoms. The average molecular weight is 478 g/mol. The lowest BCUT2D eigenvalue weighted by Crippen LogP contribution is -2.70. The average Bonchev–Trinajstić information content (AvgIpc) is 2.66. The van der Waals surface area contributed by atoms with Crippen molar-refractivity contribution in [3.63, 3.8) is 0 Å². The molecule has 0 unspecified atom stereocenters. The van der Waals surface area contributed by atoms with Crippen LogP contribution in [-0.2, 0) is 12.8 Å². The highest BCUT2D eigenvalue weighted by Crippen LogP contribution is 2.60. The van der Waals surface area contributed by atoms with Gasteiger partial charge in [-0.3, -0.25) is 0 Å². The fourth-order valence-electron chi connectivity index (χ4n) is 2.40. The first-order chi connectivity index (χ1) is 13.8. The minimum absolute atomic E-state index is 0.197. The number of hydrogen-bond acceptors (Lipinski definition) is 2. The largest absolute Gasteiger partial charge is 0.384 e. The predicted molar refractivity (Wildman–Crippen MR) is 84.3 cm³/mol. The summed E-state index contributed by atoms with van der Waals surface area (Å²) in [5.41, 5.74) is -0.256. The molecule has 0 aliphatic rings. The standard InChI is InChI=1S/C17H18F12N2/c1-3-5-11-30-8-10(9-31-11)6-7-13(20,21)15(24,25)17(28,29)16(26,27)14(22,23)12(18,19)4-2/h8-9H,3-7H2,1-2H3. The number of halogens is 12. The van der Waals surface area contributed by atoms with Crippen LogP contribution >= 0.6 is 0 Å². The highest BCUT2D eigenvalue weighted by Gasteiger charge is 2.89. The van der Waals surface area contributed by atoms with Crippen molar-refractivity contribution in [2.45, 2.75) is 81.5 Å². The summed E-state index contributed by atoms with van der Waals surface area (Å²) in [5.74, 6) is -40.7. The Morgan fingerprint density at radius 3 is 1.42 bits per heavy atom. The molecule has 1 aromatic heterocycles. The van der Waals surface area contributed by atoms with Gasteiger partial charge in [-0.1, -0.05) is 13.8 Å². The van der Waals surface area contributed by atoms with E-state index in [1.165, 1.54) is 0 Å². The molecule has 0 saturated heterocycles. The lowest BCUT2D eigenvalue weighted by Gasteiger charge is -2.41. The van der Waals surface area contributed by atoms with Gasteiger partial charge in [0.15, 0.2) is 0 Å². The Bertz CT molecular complexity index is 731. The van der Waals surface area contributed by atoms with Crippen LogP contribution in [0, 0.1) is 0 Å². The van der Waals surface area contributed by atoms with Crippen LogP contribution in [0.25, 0.3) is 0 Å². The van der Waals surface area contributed by atoms with Crippen LogP contribution < -0.4 is 0 Å². The molecular formula is C17H18F12N2. The first-order valence-electron chi connectivity index (χ1n) is 8.89. The number of nitrogens with zero attached hydrogens (tertiary/aromatic N) is 2. The molecule has 0 aliphatic heterocycles. The van der Waals surface area contributed by atoms with Crippen molar-refractivity contribution in [1.29, 1.82) is 0 Å². The molecule has 0 amide bonds. The van der Waals surface area contributed by atoms with Gasteiger partial charge in [0.25, 0.3) is 0 Å². The zero-order chi connectivity index (χ0) is 24.5. The molecule has 2 nitrogen and oxygen atoms in total. The minimum Gasteiger partial charge on any atom is -0.241 e. The first kappa shape index (κ1) is 27.3. The number of aryl methyl sites for hydroxylation is 2. The summed E-state index contributed by atoms with van der Waals surface area (Å²) in [5, 5.41) is 0.